The molecule has 2 aromatic carbocycles. The molecule has 3 aromatic heterocycles. The first-order chi connectivity index (χ1) is 15.6. The monoisotopic (exact) mass is 439 g/mol. The van der Waals surface area contributed by atoms with Gasteiger partial charge in [-0.3, -0.25) is 0 Å². The minimum atomic E-state index is 0.811. The van der Waals surface area contributed by atoms with Crippen molar-refractivity contribution >= 4 is 28.2 Å². The highest BCUT2D eigenvalue weighted by molar-refractivity contribution is 7.09. The Kier molecular flexibility index (Phi) is 5.45. The number of pyridine rings is 1. The number of anilines is 1. The summed E-state index contributed by atoms with van der Waals surface area (Å²) in [6, 6.07) is 20.9. The van der Waals surface area contributed by atoms with Crippen molar-refractivity contribution in [3.05, 3.63) is 87.9 Å². The second kappa shape index (κ2) is 8.55. The standard InChI is InChI=1S/C26H25N5S/c1-17-15-24(29-26-25(17)18(2)30-31(26)22-7-5-4-6-8-22)27-14-13-20-9-11-21(12-10-20)23-16-32-19(3)28-23/h4-12,15-16H,13-14H2,1-3H3,(H,27,29). The average molecular weight is 440 g/mol. The molecule has 0 aliphatic carbocycles. The molecule has 0 spiro atoms. The molecular weight excluding hydrogens is 414 g/mol. The number of hydrogen-bond acceptors (Lipinski definition) is 5. The van der Waals surface area contributed by atoms with Gasteiger partial charge in [0.15, 0.2) is 5.65 Å². The number of nitrogens with one attached hydrogen (secondary N) is 1. The molecule has 32 heavy (non-hydrogen) atoms. The summed E-state index contributed by atoms with van der Waals surface area (Å²) in [5.41, 5.74) is 7.59. The number of para-hydroxylation sites is 1. The Morgan fingerprint density at radius 1 is 0.938 bits per heavy atom. The van der Waals surface area contributed by atoms with Gasteiger partial charge in [-0.25, -0.2) is 14.6 Å². The van der Waals surface area contributed by atoms with Crippen molar-refractivity contribution in [2.24, 2.45) is 0 Å². The molecule has 1 N–H and O–H groups in total. The summed E-state index contributed by atoms with van der Waals surface area (Å²) >= 11 is 1.68. The molecule has 0 radical (unpaired) electrons. The van der Waals surface area contributed by atoms with Crippen molar-refractivity contribution in [2.45, 2.75) is 27.2 Å². The Labute approximate surface area is 191 Å². The molecule has 0 atom stereocenters. The van der Waals surface area contributed by atoms with Crippen LogP contribution < -0.4 is 5.32 Å². The van der Waals surface area contributed by atoms with Crippen LogP contribution in [0.3, 0.4) is 0 Å². The van der Waals surface area contributed by atoms with Gasteiger partial charge in [0, 0.05) is 22.9 Å². The van der Waals surface area contributed by atoms with E-state index in [1.165, 1.54) is 16.7 Å². The number of thiazole rings is 1. The van der Waals surface area contributed by atoms with Crippen molar-refractivity contribution in [1.82, 2.24) is 19.7 Å². The van der Waals surface area contributed by atoms with Crippen molar-refractivity contribution in [2.75, 3.05) is 11.9 Å². The van der Waals surface area contributed by atoms with E-state index in [-0.39, 0.29) is 0 Å². The van der Waals surface area contributed by atoms with Crippen LogP contribution in [-0.2, 0) is 6.42 Å². The van der Waals surface area contributed by atoms with Crippen LogP contribution in [0.5, 0.6) is 0 Å². The SMILES string of the molecule is Cc1nc(-c2ccc(CCNc3cc(C)c4c(C)nn(-c5ccccc5)c4n3)cc2)cs1. The topological polar surface area (TPSA) is 55.6 Å². The van der Waals surface area contributed by atoms with Crippen molar-refractivity contribution in [3.8, 4) is 16.9 Å². The highest BCUT2D eigenvalue weighted by Crippen LogP contribution is 2.26. The highest BCUT2D eigenvalue weighted by Gasteiger charge is 2.14. The molecule has 0 fully saturated rings. The number of fused-ring (bicyclic) bond motifs is 1. The van der Waals surface area contributed by atoms with Gasteiger partial charge in [-0.1, -0.05) is 42.5 Å². The minimum absolute atomic E-state index is 0.811. The van der Waals surface area contributed by atoms with Crippen LogP contribution in [0.2, 0.25) is 0 Å². The molecule has 0 aliphatic heterocycles. The van der Waals surface area contributed by atoms with Crippen LogP contribution in [0.1, 0.15) is 21.8 Å². The largest absolute Gasteiger partial charge is 0.370 e. The van der Waals surface area contributed by atoms with E-state index >= 15 is 0 Å². The Balaban J connectivity index is 1.32. The average Bonchev–Trinajstić information content (AvgIpc) is 3.38. The smallest absolute Gasteiger partial charge is 0.165 e. The molecule has 0 bridgehead atoms. The lowest BCUT2D eigenvalue weighted by molar-refractivity contribution is 0.877. The molecule has 0 amide bonds. The fraction of sp³-hybridized carbons (Fsp3) is 0.192. The first kappa shape index (κ1) is 20.4. The Bertz CT molecular complexity index is 1370. The van der Waals surface area contributed by atoms with Crippen LogP contribution in [0, 0.1) is 20.8 Å². The van der Waals surface area contributed by atoms with E-state index in [0.717, 1.165) is 51.9 Å². The normalized spacial score (nSPS) is 11.2. The minimum Gasteiger partial charge on any atom is -0.370 e. The summed E-state index contributed by atoms with van der Waals surface area (Å²) in [6.07, 6.45) is 0.923. The fourth-order valence-corrected chi connectivity index (χ4v) is 4.64. The molecule has 0 unspecified atom stereocenters. The molecule has 0 saturated carbocycles. The summed E-state index contributed by atoms with van der Waals surface area (Å²) in [4.78, 5) is 9.47. The van der Waals surface area contributed by atoms with Gasteiger partial charge in [-0.2, -0.15) is 5.10 Å². The number of aromatic nitrogens is 4. The number of rotatable bonds is 6. The highest BCUT2D eigenvalue weighted by atomic mass is 32.1. The van der Waals surface area contributed by atoms with Crippen LogP contribution in [0.4, 0.5) is 5.82 Å². The lowest BCUT2D eigenvalue weighted by atomic mass is 10.1. The Morgan fingerprint density at radius 2 is 1.72 bits per heavy atom. The van der Waals surface area contributed by atoms with E-state index in [2.05, 4.69) is 65.1 Å². The lowest BCUT2D eigenvalue weighted by Crippen LogP contribution is -2.07. The molecule has 5 aromatic rings. The van der Waals surface area contributed by atoms with Crippen molar-refractivity contribution in [3.63, 3.8) is 0 Å². The third-order valence-corrected chi connectivity index (χ3v) is 6.37. The molecule has 3 heterocycles. The number of hydrogen-bond donors (Lipinski definition) is 1. The predicted molar refractivity (Wildman–Crippen MR) is 133 cm³/mol. The zero-order valence-corrected chi connectivity index (χ0v) is 19.3. The number of nitrogens with zero attached hydrogens (tertiary/aromatic N) is 4. The number of benzene rings is 2. The molecule has 5 nitrogen and oxygen atoms in total. The maximum absolute atomic E-state index is 4.90. The van der Waals surface area contributed by atoms with Crippen LogP contribution in [0.15, 0.2) is 66.0 Å². The Morgan fingerprint density at radius 3 is 2.44 bits per heavy atom. The number of aryl methyl sites for hydroxylation is 3. The summed E-state index contributed by atoms with van der Waals surface area (Å²) in [5.74, 6) is 0.877. The van der Waals surface area contributed by atoms with Gasteiger partial charge in [-0.05, 0) is 56.5 Å². The lowest BCUT2D eigenvalue weighted by Gasteiger charge is -2.09. The summed E-state index contributed by atoms with van der Waals surface area (Å²) in [6.45, 7) is 7.01. The van der Waals surface area contributed by atoms with E-state index in [1.54, 1.807) is 11.3 Å². The maximum atomic E-state index is 4.90. The quantitative estimate of drug-likeness (QED) is 0.346. The van der Waals surface area contributed by atoms with Crippen LogP contribution in [0.25, 0.3) is 28.0 Å². The van der Waals surface area contributed by atoms with Crippen LogP contribution >= 0.6 is 11.3 Å². The second-order valence-electron chi connectivity index (χ2n) is 7.98. The molecule has 5 rings (SSSR count). The van der Waals surface area contributed by atoms with E-state index < -0.39 is 0 Å². The van der Waals surface area contributed by atoms with E-state index in [9.17, 15) is 0 Å². The molecule has 0 saturated heterocycles. The zero-order valence-electron chi connectivity index (χ0n) is 18.5. The summed E-state index contributed by atoms with van der Waals surface area (Å²) < 4.78 is 1.93. The predicted octanol–water partition coefficient (Wildman–Crippen LogP) is 6.12. The first-order valence-corrected chi connectivity index (χ1v) is 11.6. The molecular formula is C26H25N5S. The van der Waals surface area contributed by atoms with Gasteiger partial charge in [0.2, 0.25) is 0 Å². The van der Waals surface area contributed by atoms with E-state index in [1.807, 2.05) is 36.7 Å². The van der Waals surface area contributed by atoms with Crippen molar-refractivity contribution < 1.29 is 0 Å². The van der Waals surface area contributed by atoms with Gasteiger partial charge in [0.1, 0.15) is 5.82 Å². The van der Waals surface area contributed by atoms with Gasteiger partial charge < -0.3 is 5.32 Å². The summed E-state index contributed by atoms with van der Waals surface area (Å²) in [5, 5.41) is 12.6. The first-order valence-electron chi connectivity index (χ1n) is 10.8. The zero-order chi connectivity index (χ0) is 22.1. The molecule has 0 aliphatic rings. The molecule has 160 valence electrons. The van der Waals surface area contributed by atoms with Gasteiger partial charge in [-0.15, -0.1) is 11.3 Å². The van der Waals surface area contributed by atoms with E-state index in [4.69, 9.17) is 10.1 Å². The van der Waals surface area contributed by atoms with Crippen molar-refractivity contribution in [1.29, 1.82) is 0 Å². The third-order valence-electron chi connectivity index (χ3n) is 5.60. The fourth-order valence-electron chi connectivity index (χ4n) is 4.02. The van der Waals surface area contributed by atoms with Gasteiger partial charge in [0.05, 0.1) is 22.1 Å². The second-order valence-corrected chi connectivity index (χ2v) is 9.04. The van der Waals surface area contributed by atoms with Crippen LogP contribution in [-0.4, -0.2) is 26.3 Å². The Hall–Kier alpha value is -3.51. The maximum Gasteiger partial charge on any atom is 0.165 e. The van der Waals surface area contributed by atoms with Gasteiger partial charge in [0.25, 0.3) is 0 Å². The van der Waals surface area contributed by atoms with Gasteiger partial charge >= 0.3 is 0 Å². The summed E-state index contributed by atoms with van der Waals surface area (Å²) in [7, 11) is 0. The molecule has 6 heteroatoms. The van der Waals surface area contributed by atoms with E-state index in [0.29, 0.717) is 0 Å². The third kappa shape index (κ3) is 4.01.